The van der Waals surface area contributed by atoms with Gasteiger partial charge in [-0.15, -0.1) is 10.2 Å². The predicted octanol–water partition coefficient (Wildman–Crippen LogP) is 5.05. The molecule has 1 aliphatic rings. The molecule has 1 amide bonds. The molecule has 4 aromatic rings. The molecule has 0 spiro atoms. The van der Waals surface area contributed by atoms with Gasteiger partial charge in [0.25, 0.3) is 0 Å². The molecule has 0 unspecified atom stereocenters. The first-order valence-electron chi connectivity index (χ1n) is 12.4. The van der Waals surface area contributed by atoms with Crippen molar-refractivity contribution >= 4 is 28.9 Å². The third-order valence-corrected chi connectivity index (χ3v) is 6.67. The van der Waals surface area contributed by atoms with E-state index in [1.165, 1.54) is 0 Å². The van der Waals surface area contributed by atoms with E-state index >= 15 is 0 Å². The van der Waals surface area contributed by atoms with Gasteiger partial charge in [0.15, 0.2) is 5.78 Å². The lowest BCUT2D eigenvalue weighted by atomic mass is 9.92. The second kappa shape index (κ2) is 11.5. The lowest BCUT2D eigenvalue weighted by Gasteiger charge is -2.13. The number of ketones is 1. The van der Waals surface area contributed by atoms with Gasteiger partial charge in [-0.05, 0) is 41.8 Å². The van der Waals surface area contributed by atoms with E-state index < -0.39 is 0 Å². The Morgan fingerprint density at radius 1 is 0.974 bits per heavy atom. The number of ether oxygens (including phenoxy) is 1. The minimum atomic E-state index is -0.340. The Kier molecular flexibility index (Phi) is 7.77. The summed E-state index contributed by atoms with van der Waals surface area (Å²) in [6, 6.07) is 25.3. The zero-order valence-corrected chi connectivity index (χ0v) is 21.7. The van der Waals surface area contributed by atoms with Gasteiger partial charge in [-0.2, -0.15) is 0 Å². The number of amides is 1. The number of hydrogen-bond acceptors (Lipinski definition) is 5. The molecule has 0 radical (unpaired) electrons. The number of aromatic nitrogens is 3. The van der Waals surface area contributed by atoms with Gasteiger partial charge in [0.05, 0.1) is 18.8 Å². The van der Waals surface area contributed by atoms with Crippen molar-refractivity contribution < 1.29 is 14.3 Å². The smallest absolute Gasteiger partial charge is 0.246 e. The number of para-hydroxylation sites is 1. The highest BCUT2D eigenvalue weighted by atomic mass is 35.5. The SMILES string of the molecule is Cc1nnc2n1-c1ccccc1C(c1ccc(Cl)cc1)=C[C@@H]2CC(=O)CNC(=O)COCc1ccccc1. The van der Waals surface area contributed by atoms with Crippen LogP contribution >= 0.6 is 11.6 Å². The number of nitrogens with zero attached hydrogens (tertiary/aromatic N) is 3. The zero-order valence-electron chi connectivity index (χ0n) is 20.9. The highest BCUT2D eigenvalue weighted by molar-refractivity contribution is 6.30. The monoisotopic (exact) mass is 526 g/mol. The van der Waals surface area contributed by atoms with Gasteiger partial charge in [0, 0.05) is 22.9 Å². The van der Waals surface area contributed by atoms with Gasteiger partial charge in [0.1, 0.15) is 18.3 Å². The van der Waals surface area contributed by atoms with Crippen molar-refractivity contribution in [2.75, 3.05) is 13.2 Å². The highest BCUT2D eigenvalue weighted by Gasteiger charge is 2.28. The lowest BCUT2D eigenvalue weighted by Crippen LogP contribution is -2.33. The number of Topliss-reactive ketones (excluding diaryl/α,β-unsaturated/α-hetero) is 1. The quantitative estimate of drug-likeness (QED) is 0.330. The maximum atomic E-state index is 13.0. The van der Waals surface area contributed by atoms with Gasteiger partial charge in [0.2, 0.25) is 5.91 Å². The number of rotatable bonds is 9. The van der Waals surface area contributed by atoms with Crippen molar-refractivity contribution in [1.29, 1.82) is 0 Å². The maximum absolute atomic E-state index is 13.0. The Morgan fingerprint density at radius 2 is 1.71 bits per heavy atom. The first kappa shape index (κ1) is 25.6. The van der Waals surface area contributed by atoms with Crippen LogP contribution in [0.2, 0.25) is 5.02 Å². The first-order valence-corrected chi connectivity index (χ1v) is 12.8. The minimum Gasteiger partial charge on any atom is -0.367 e. The van der Waals surface area contributed by atoms with Crippen LogP contribution in [0.3, 0.4) is 0 Å². The zero-order chi connectivity index (χ0) is 26.5. The number of hydrogen-bond donors (Lipinski definition) is 1. The van der Waals surface area contributed by atoms with Gasteiger partial charge in [-0.25, -0.2) is 0 Å². The summed E-state index contributed by atoms with van der Waals surface area (Å²) in [5, 5.41) is 12.1. The number of carbonyl (C=O) groups is 2. The summed E-state index contributed by atoms with van der Waals surface area (Å²) in [6.07, 6.45) is 2.23. The molecule has 0 aliphatic carbocycles. The fourth-order valence-electron chi connectivity index (χ4n) is 4.61. The highest BCUT2D eigenvalue weighted by Crippen LogP contribution is 2.38. The van der Waals surface area contributed by atoms with Crippen LogP contribution in [-0.2, 0) is 20.9 Å². The maximum Gasteiger partial charge on any atom is 0.246 e. The van der Waals surface area contributed by atoms with E-state index in [0.717, 1.165) is 33.8 Å². The molecule has 7 nitrogen and oxygen atoms in total. The Bertz CT molecular complexity index is 1480. The van der Waals surface area contributed by atoms with E-state index in [0.29, 0.717) is 17.5 Å². The van der Waals surface area contributed by atoms with Gasteiger partial charge < -0.3 is 10.1 Å². The normalized spacial score (nSPS) is 14.2. The van der Waals surface area contributed by atoms with Gasteiger partial charge in [-0.3, -0.25) is 14.2 Å². The molecule has 0 fully saturated rings. The number of aryl methyl sites for hydroxylation is 1. The Morgan fingerprint density at radius 3 is 2.50 bits per heavy atom. The third-order valence-electron chi connectivity index (χ3n) is 6.41. The molecule has 38 heavy (non-hydrogen) atoms. The minimum absolute atomic E-state index is 0.0891. The molecule has 0 saturated heterocycles. The largest absolute Gasteiger partial charge is 0.367 e. The van der Waals surface area contributed by atoms with Crippen LogP contribution in [0.25, 0.3) is 11.3 Å². The van der Waals surface area contributed by atoms with E-state index in [1.54, 1.807) is 0 Å². The van der Waals surface area contributed by atoms with Crippen molar-refractivity contribution in [2.24, 2.45) is 0 Å². The summed E-state index contributed by atoms with van der Waals surface area (Å²) in [4.78, 5) is 25.3. The summed E-state index contributed by atoms with van der Waals surface area (Å²) in [5.41, 5.74) is 4.91. The molecule has 8 heteroatoms. The predicted molar refractivity (Wildman–Crippen MR) is 146 cm³/mol. The summed E-state index contributed by atoms with van der Waals surface area (Å²) in [7, 11) is 0. The molecule has 2 heterocycles. The van der Waals surface area contributed by atoms with Crippen molar-refractivity contribution in [3.05, 3.63) is 118 Å². The van der Waals surface area contributed by atoms with Crippen LogP contribution in [0.1, 0.15) is 40.7 Å². The second-order valence-electron chi connectivity index (χ2n) is 9.15. The number of fused-ring (bicyclic) bond motifs is 3. The molecule has 1 atom stereocenters. The Balaban J connectivity index is 1.32. The van der Waals surface area contributed by atoms with E-state index in [1.807, 2.05) is 84.3 Å². The molecular weight excluding hydrogens is 500 g/mol. The van der Waals surface area contributed by atoms with Crippen LogP contribution in [0.4, 0.5) is 0 Å². The average molecular weight is 527 g/mol. The summed E-state index contributed by atoms with van der Waals surface area (Å²) >= 11 is 6.15. The summed E-state index contributed by atoms with van der Waals surface area (Å²) in [5.74, 6) is 0.632. The average Bonchev–Trinajstić information content (AvgIpc) is 3.25. The Labute approximate surface area is 226 Å². The number of carbonyl (C=O) groups excluding carboxylic acids is 2. The van der Waals surface area contributed by atoms with E-state index in [9.17, 15) is 9.59 Å². The molecule has 0 saturated carbocycles. The second-order valence-corrected chi connectivity index (χ2v) is 9.59. The first-order chi connectivity index (χ1) is 18.5. The molecule has 1 N–H and O–H groups in total. The molecule has 0 bridgehead atoms. The van der Waals surface area contributed by atoms with Crippen LogP contribution in [0, 0.1) is 6.92 Å². The van der Waals surface area contributed by atoms with E-state index in [-0.39, 0.29) is 37.2 Å². The topological polar surface area (TPSA) is 86.1 Å². The Hall–Kier alpha value is -4.07. The van der Waals surface area contributed by atoms with Gasteiger partial charge in [-0.1, -0.05) is 78.3 Å². The van der Waals surface area contributed by atoms with Crippen LogP contribution in [-0.4, -0.2) is 39.6 Å². The molecule has 1 aliphatic heterocycles. The van der Waals surface area contributed by atoms with Crippen LogP contribution in [0.5, 0.6) is 0 Å². The molecule has 192 valence electrons. The molecule has 1 aromatic heterocycles. The van der Waals surface area contributed by atoms with Crippen molar-refractivity contribution in [3.8, 4) is 5.69 Å². The standard InChI is InChI=1S/C30H27ClN4O3/c1-20-33-34-30-23(15-25(36)17-32-29(37)19-38-18-21-7-3-2-4-8-21)16-27(22-11-13-24(31)14-12-22)26-9-5-6-10-28(26)35(20)30/h2-14,16,23H,15,17-19H2,1H3,(H,32,37)/t23-/m0/s1. The summed E-state index contributed by atoms with van der Waals surface area (Å²) < 4.78 is 7.48. The van der Waals surface area contributed by atoms with E-state index in [4.69, 9.17) is 16.3 Å². The fourth-order valence-corrected chi connectivity index (χ4v) is 4.74. The fraction of sp³-hybridized carbons (Fsp3) is 0.200. The van der Waals surface area contributed by atoms with Gasteiger partial charge >= 0.3 is 0 Å². The molecule has 3 aromatic carbocycles. The third kappa shape index (κ3) is 5.74. The summed E-state index contributed by atoms with van der Waals surface area (Å²) in [6.45, 7) is 2.02. The van der Waals surface area contributed by atoms with Crippen LogP contribution in [0.15, 0.2) is 84.9 Å². The number of allylic oxidation sites excluding steroid dienone is 1. The number of halogens is 1. The van der Waals surface area contributed by atoms with Crippen molar-refractivity contribution in [3.63, 3.8) is 0 Å². The van der Waals surface area contributed by atoms with Crippen molar-refractivity contribution in [1.82, 2.24) is 20.1 Å². The van der Waals surface area contributed by atoms with Crippen LogP contribution < -0.4 is 5.32 Å². The molecule has 5 rings (SSSR count). The molecular formula is C30H27ClN4O3. The lowest BCUT2D eigenvalue weighted by molar-refractivity contribution is -0.128. The number of nitrogens with one attached hydrogen (secondary N) is 1. The number of benzene rings is 3. The van der Waals surface area contributed by atoms with E-state index in [2.05, 4.69) is 27.7 Å². The van der Waals surface area contributed by atoms with Crippen molar-refractivity contribution in [2.45, 2.75) is 25.9 Å².